The second kappa shape index (κ2) is 8.94. The Hall–Kier alpha value is -3.62. The molecule has 1 aromatic rings. The van der Waals surface area contributed by atoms with E-state index >= 15 is 0 Å². The van der Waals surface area contributed by atoms with Crippen LogP contribution >= 0.6 is 0 Å². The number of nitriles is 1. The third-order valence-corrected chi connectivity index (χ3v) is 9.99. The Labute approximate surface area is 236 Å². The van der Waals surface area contributed by atoms with Crippen LogP contribution in [0, 0.1) is 33.0 Å². The summed E-state index contributed by atoms with van der Waals surface area (Å²) in [4.78, 5) is 45.0. The van der Waals surface area contributed by atoms with Gasteiger partial charge in [0.05, 0.1) is 6.07 Å². The van der Waals surface area contributed by atoms with Gasteiger partial charge in [0, 0.05) is 53.5 Å². The minimum absolute atomic E-state index is 0.0935. The second-order valence-corrected chi connectivity index (χ2v) is 13.4. The average Bonchev–Trinajstić information content (AvgIpc) is 3.60. The van der Waals surface area contributed by atoms with E-state index in [1.165, 1.54) is 4.90 Å². The Bertz CT molecular complexity index is 1390. The Balaban J connectivity index is 1.38. The number of pyridine rings is 1. The molecule has 2 aliphatic carbocycles. The third kappa shape index (κ3) is 4.18. The molecule has 3 unspecified atom stereocenters. The molecule has 3 fully saturated rings. The lowest BCUT2D eigenvalue weighted by molar-refractivity contribution is -0.176. The molecule has 3 amide bonds. The molecule has 9 nitrogen and oxygen atoms in total. The van der Waals surface area contributed by atoms with Crippen LogP contribution in [0.1, 0.15) is 59.9 Å². The minimum atomic E-state index is -5.16. The lowest BCUT2D eigenvalue weighted by atomic mass is 9.79. The summed E-state index contributed by atoms with van der Waals surface area (Å²) in [7, 11) is 0. The first kappa shape index (κ1) is 28.9. The Morgan fingerprint density at radius 3 is 2.51 bits per heavy atom. The van der Waals surface area contributed by atoms with Crippen LogP contribution in [0.4, 0.5) is 18.9 Å². The van der Waals surface area contributed by atoms with Crippen molar-refractivity contribution in [3.05, 3.63) is 29.6 Å². The molecule has 0 radical (unpaired) electrons. The number of hydrogen-bond acceptors (Lipinski definition) is 6. The zero-order valence-corrected chi connectivity index (χ0v) is 23.9. The molecule has 41 heavy (non-hydrogen) atoms. The van der Waals surface area contributed by atoms with E-state index in [2.05, 4.69) is 21.7 Å². The van der Waals surface area contributed by atoms with E-state index in [4.69, 9.17) is 0 Å². The number of rotatable bonds is 6. The van der Waals surface area contributed by atoms with E-state index < -0.39 is 52.9 Å². The van der Waals surface area contributed by atoms with Crippen molar-refractivity contribution in [3.8, 4) is 6.07 Å². The number of likely N-dealkylation sites (tertiary alicyclic amines) is 1. The lowest BCUT2D eigenvalue weighted by Gasteiger charge is -2.42. The van der Waals surface area contributed by atoms with E-state index in [9.17, 15) is 32.8 Å². The monoisotopic (exact) mass is 572 g/mol. The number of halogens is 3. The molecule has 5 rings (SSSR count). The molecule has 6 atom stereocenters. The summed E-state index contributed by atoms with van der Waals surface area (Å²) >= 11 is 0. The maximum atomic E-state index is 13.9. The molecular formula is C29H35F3N6O3. The normalized spacial score (nSPS) is 30.2. The van der Waals surface area contributed by atoms with Crippen LogP contribution in [0.2, 0.25) is 0 Å². The van der Waals surface area contributed by atoms with E-state index in [0.29, 0.717) is 0 Å². The molecule has 0 bridgehead atoms. The maximum absolute atomic E-state index is 13.9. The summed E-state index contributed by atoms with van der Waals surface area (Å²) in [6, 6.07) is 0.553. The van der Waals surface area contributed by atoms with Gasteiger partial charge in [0.15, 0.2) is 0 Å². The van der Waals surface area contributed by atoms with Crippen LogP contribution < -0.4 is 16.0 Å². The largest absolute Gasteiger partial charge is 0.471 e. The van der Waals surface area contributed by atoms with Gasteiger partial charge in [0.2, 0.25) is 11.8 Å². The number of nitrogens with zero attached hydrogens (tertiary/aromatic N) is 3. The lowest BCUT2D eigenvalue weighted by Crippen LogP contribution is -2.63. The van der Waals surface area contributed by atoms with Gasteiger partial charge in [-0.25, -0.2) is 0 Å². The summed E-state index contributed by atoms with van der Waals surface area (Å²) in [5.74, 6) is -3.45. The fraction of sp³-hybridized carbons (Fsp3) is 0.621. The van der Waals surface area contributed by atoms with Crippen molar-refractivity contribution < 1.29 is 27.6 Å². The summed E-state index contributed by atoms with van der Waals surface area (Å²) in [5, 5.41) is 18.0. The van der Waals surface area contributed by atoms with Crippen molar-refractivity contribution in [2.24, 2.45) is 21.7 Å². The van der Waals surface area contributed by atoms with Crippen molar-refractivity contribution >= 4 is 29.5 Å². The number of alkyl halides is 3. The van der Waals surface area contributed by atoms with Crippen molar-refractivity contribution in [2.75, 3.05) is 11.9 Å². The predicted molar refractivity (Wildman–Crippen MR) is 144 cm³/mol. The highest BCUT2D eigenvalue weighted by molar-refractivity contribution is 5.96. The van der Waals surface area contributed by atoms with Gasteiger partial charge in [-0.3, -0.25) is 19.4 Å². The number of aromatic nitrogens is 1. The van der Waals surface area contributed by atoms with Crippen LogP contribution in [-0.4, -0.2) is 64.5 Å². The summed E-state index contributed by atoms with van der Waals surface area (Å²) in [6.45, 7) is 10.9. The van der Waals surface area contributed by atoms with Gasteiger partial charge in [-0.05, 0) is 41.9 Å². The highest BCUT2D eigenvalue weighted by atomic mass is 19.4. The molecule has 3 N–H and O–H groups in total. The van der Waals surface area contributed by atoms with E-state index in [1.54, 1.807) is 33.2 Å². The van der Waals surface area contributed by atoms with Gasteiger partial charge in [-0.15, -0.1) is 0 Å². The summed E-state index contributed by atoms with van der Waals surface area (Å²) in [6.07, 6.45) is 1.12. The topological polar surface area (TPSA) is 127 Å². The number of hydrogen-bond donors (Lipinski definition) is 3. The molecule has 12 heteroatoms. The Morgan fingerprint density at radius 2 is 1.93 bits per heavy atom. The molecular weight excluding hydrogens is 537 g/mol. The van der Waals surface area contributed by atoms with Crippen molar-refractivity contribution in [2.45, 2.75) is 84.7 Å². The first-order chi connectivity index (χ1) is 18.9. The van der Waals surface area contributed by atoms with Gasteiger partial charge < -0.3 is 20.9 Å². The van der Waals surface area contributed by atoms with E-state index in [-0.39, 0.29) is 29.8 Å². The first-order valence-electron chi connectivity index (χ1n) is 13.7. The summed E-state index contributed by atoms with van der Waals surface area (Å²) in [5.41, 5.74) is 0.556. The zero-order valence-electron chi connectivity index (χ0n) is 23.9. The van der Waals surface area contributed by atoms with E-state index in [0.717, 1.165) is 23.2 Å². The van der Waals surface area contributed by atoms with Crippen LogP contribution in [0.15, 0.2) is 24.0 Å². The number of carbonyl (C=O) groups excluding carboxylic acids is 3. The molecule has 2 aliphatic heterocycles. The molecule has 0 aromatic carbocycles. The highest BCUT2D eigenvalue weighted by Gasteiger charge is 3.02. The number of fused-ring (bicyclic) bond motifs is 1. The number of amides is 3. The van der Waals surface area contributed by atoms with Crippen LogP contribution in [0.3, 0.4) is 0 Å². The van der Waals surface area contributed by atoms with Crippen LogP contribution in [-0.2, 0) is 14.4 Å². The third-order valence-electron chi connectivity index (χ3n) is 9.99. The molecule has 1 saturated heterocycles. The van der Waals surface area contributed by atoms with E-state index in [1.807, 2.05) is 38.2 Å². The molecule has 1 aromatic heterocycles. The minimum Gasteiger partial charge on any atom is -0.378 e. The fourth-order valence-electron chi connectivity index (χ4n) is 7.46. The number of anilines is 1. The SMILES string of the molecule is CC1Nc2ccncc2C=C1C[C@H](C#N)NC(=O)[C@H]1N(C(=O)[C@@H](NC(=O)C(F)(F)F)C(C)(C)C)CC23CC12C3(C)C. The number of nitrogens with one attached hydrogen (secondary N) is 3. The Kier molecular flexibility index (Phi) is 6.30. The fourth-order valence-corrected chi connectivity index (χ4v) is 7.46. The average molecular weight is 573 g/mol. The standard InChI is InChI=1S/C29H35F3N6O3/c1-15-16(9-17-12-34-8-7-19(17)35-15)10-18(11-33)36-22(39)21-28-13-27(28,26(28,5)6)14-38(21)23(40)20(25(2,3)4)37-24(41)29(30,31)32/h7-9,12,15,18,20-21,35H,10,13-14H2,1-6H3,(H,36,39)(H,37,41)/t15?,18-,20-,21-,27?,28?/m1/s1. The maximum Gasteiger partial charge on any atom is 0.471 e. The molecule has 3 heterocycles. The molecule has 4 aliphatic rings. The number of piperidine rings is 2. The van der Waals surface area contributed by atoms with Gasteiger partial charge in [-0.1, -0.05) is 34.6 Å². The smallest absolute Gasteiger partial charge is 0.378 e. The van der Waals surface area contributed by atoms with Gasteiger partial charge in [-0.2, -0.15) is 18.4 Å². The first-order valence-corrected chi connectivity index (χ1v) is 13.7. The van der Waals surface area contributed by atoms with Gasteiger partial charge in [0.25, 0.3) is 0 Å². The van der Waals surface area contributed by atoms with Crippen molar-refractivity contribution in [1.29, 1.82) is 5.26 Å². The zero-order chi connectivity index (χ0) is 30.3. The molecule has 220 valence electrons. The quantitative estimate of drug-likeness (QED) is 0.480. The van der Waals surface area contributed by atoms with Crippen LogP contribution in [0.5, 0.6) is 0 Å². The summed E-state index contributed by atoms with van der Waals surface area (Å²) < 4.78 is 39.4. The van der Waals surface area contributed by atoms with Gasteiger partial charge >= 0.3 is 12.1 Å². The second-order valence-electron chi connectivity index (χ2n) is 13.4. The van der Waals surface area contributed by atoms with Crippen LogP contribution in [0.25, 0.3) is 6.08 Å². The van der Waals surface area contributed by atoms with Gasteiger partial charge in [0.1, 0.15) is 18.1 Å². The predicted octanol–water partition coefficient (Wildman–Crippen LogP) is 3.40. The molecule has 0 spiro atoms. The number of carbonyl (C=O) groups is 3. The molecule has 2 saturated carbocycles. The Morgan fingerprint density at radius 1 is 1.24 bits per heavy atom. The van der Waals surface area contributed by atoms with Crippen molar-refractivity contribution in [1.82, 2.24) is 20.5 Å². The van der Waals surface area contributed by atoms with Crippen molar-refractivity contribution in [3.63, 3.8) is 0 Å². The highest BCUT2D eigenvalue weighted by Crippen LogP contribution is 3.00.